The van der Waals surface area contributed by atoms with Crippen LogP contribution in [0, 0.1) is 0 Å². The van der Waals surface area contributed by atoms with Gasteiger partial charge in [-0.25, -0.2) is 4.79 Å². The molecular weight excluding hydrogens is 689 g/mol. The summed E-state index contributed by atoms with van der Waals surface area (Å²) in [5.41, 5.74) is 5.55. The van der Waals surface area contributed by atoms with Gasteiger partial charge >= 0.3 is 12.1 Å². The number of hydrogen-bond acceptors (Lipinski definition) is 7. The average molecular weight is 752 g/mol. The van der Waals surface area contributed by atoms with Gasteiger partial charge in [-0.05, 0) is 57.9 Å². The maximum atomic E-state index is 11.3. The zero-order valence-corrected chi connectivity index (χ0v) is 33.5. The normalized spacial score (nSPS) is 15.5. The van der Waals surface area contributed by atoms with Crippen molar-refractivity contribution in [2.45, 2.75) is 104 Å². The van der Waals surface area contributed by atoms with Crippen LogP contribution in [0.15, 0.2) is 34.3 Å². The van der Waals surface area contributed by atoms with E-state index in [0.29, 0.717) is 24.6 Å². The molecule has 0 aromatic heterocycles. The number of guanidine groups is 1. The third-order valence-corrected chi connectivity index (χ3v) is 9.28. The van der Waals surface area contributed by atoms with Crippen LogP contribution in [-0.4, -0.2) is 112 Å². The molecule has 4 rings (SSSR count). The molecule has 0 saturated carbocycles. The van der Waals surface area contributed by atoms with Crippen LogP contribution in [0.3, 0.4) is 0 Å². The van der Waals surface area contributed by atoms with E-state index in [0.717, 1.165) is 67.8 Å². The Morgan fingerprint density at radius 3 is 1.82 bits per heavy atom. The Labute approximate surface area is 316 Å². The van der Waals surface area contributed by atoms with Crippen molar-refractivity contribution in [3.63, 3.8) is 0 Å². The summed E-state index contributed by atoms with van der Waals surface area (Å²) in [5.74, 6) is 2.01. The molecule has 285 valence electrons. The van der Waals surface area contributed by atoms with Crippen molar-refractivity contribution in [1.29, 1.82) is 0 Å². The first-order valence-corrected chi connectivity index (χ1v) is 17.9. The van der Waals surface area contributed by atoms with E-state index in [1.807, 2.05) is 6.07 Å². The quantitative estimate of drug-likeness (QED) is 0.122. The predicted octanol–water partition coefficient (Wildman–Crippen LogP) is 7.09. The number of aromatic hydroxyl groups is 2. The minimum atomic E-state index is -1.83. The SMILES string of the molecule is C[N+]1=C2N(CCCc3cc(C(C)(C)C)cc(C=NCCN=Cc4cc(C(C)(C)C)cc(C(C)(C)C)c4O)c3O)CCCN2CCC1.O=C(O)O.[Co]. The summed E-state index contributed by atoms with van der Waals surface area (Å²) >= 11 is 0. The van der Waals surface area contributed by atoms with Gasteiger partial charge in [-0.2, -0.15) is 0 Å². The first-order chi connectivity index (χ1) is 23.2. The summed E-state index contributed by atoms with van der Waals surface area (Å²) < 4.78 is 2.41. The summed E-state index contributed by atoms with van der Waals surface area (Å²) in [6.45, 7) is 26.1. The smallest absolute Gasteiger partial charge is 0.503 e. The third-order valence-electron chi connectivity index (χ3n) is 9.28. The molecule has 1 saturated heterocycles. The second-order valence-corrected chi connectivity index (χ2v) is 16.6. The first kappa shape index (κ1) is 43.6. The van der Waals surface area contributed by atoms with Gasteiger partial charge in [0, 0.05) is 58.7 Å². The molecule has 10 nitrogen and oxygen atoms in total. The molecule has 0 aliphatic carbocycles. The molecule has 2 heterocycles. The Balaban J connectivity index is 0.00000171. The van der Waals surface area contributed by atoms with Crippen molar-refractivity contribution in [2.75, 3.05) is 52.9 Å². The molecule has 2 aliphatic rings. The van der Waals surface area contributed by atoms with Gasteiger partial charge in [0.1, 0.15) is 11.5 Å². The third kappa shape index (κ3) is 12.6. The fourth-order valence-corrected chi connectivity index (χ4v) is 6.46. The molecule has 1 fully saturated rings. The molecule has 51 heavy (non-hydrogen) atoms. The van der Waals surface area contributed by atoms with E-state index in [-0.39, 0.29) is 33.0 Å². The topological polar surface area (TPSA) is 132 Å². The molecule has 1 radical (unpaired) electrons. The second-order valence-electron chi connectivity index (χ2n) is 16.6. The number of hydrogen-bond donors (Lipinski definition) is 4. The number of carbonyl (C=O) groups is 1. The number of benzene rings is 2. The van der Waals surface area contributed by atoms with E-state index in [1.165, 1.54) is 29.9 Å². The van der Waals surface area contributed by atoms with E-state index in [1.54, 1.807) is 12.4 Å². The largest absolute Gasteiger partial charge is 0.507 e. The molecule has 0 unspecified atom stereocenters. The van der Waals surface area contributed by atoms with Gasteiger partial charge in [0.25, 0.3) is 0 Å². The monoisotopic (exact) mass is 751 g/mol. The van der Waals surface area contributed by atoms with Crippen molar-refractivity contribution in [3.05, 3.63) is 57.6 Å². The Morgan fingerprint density at radius 2 is 1.29 bits per heavy atom. The van der Waals surface area contributed by atoms with Crippen molar-refractivity contribution < 1.29 is 46.6 Å². The van der Waals surface area contributed by atoms with Crippen LogP contribution >= 0.6 is 0 Å². The Hall–Kier alpha value is -3.57. The number of phenolic OH excluding ortho intramolecular Hbond substituents is 2. The van der Waals surface area contributed by atoms with Crippen LogP contribution in [0.5, 0.6) is 11.5 Å². The van der Waals surface area contributed by atoms with E-state index < -0.39 is 6.16 Å². The van der Waals surface area contributed by atoms with Crippen LogP contribution in [0.1, 0.15) is 115 Å². The zero-order chi connectivity index (χ0) is 37.4. The van der Waals surface area contributed by atoms with Gasteiger partial charge in [0.2, 0.25) is 0 Å². The number of carboxylic acid groups (broad SMARTS) is 2. The number of phenols is 2. The van der Waals surface area contributed by atoms with E-state index in [2.05, 4.69) is 112 Å². The summed E-state index contributed by atoms with van der Waals surface area (Å²) in [6.07, 6.45) is 5.98. The average Bonchev–Trinajstić information content (AvgIpc) is 2.99. The second kappa shape index (κ2) is 18.3. The molecule has 2 aromatic carbocycles. The van der Waals surface area contributed by atoms with Crippen molar-refractivity contribution in [2.24, 2.45) is 9.98 Å². The summed E-state index contributed by atoms with van der Waals surface area (Å²) in [5, 5.41) is 36.3. The molecule has 0 bridgehead atoms. The minimum Gasteiger partial charge on any atom is -0.507 e. The predicted molar refractivity (Wildman–Crippen MR) is 205 cm³/mol. The van der Waals surface area contributed by atoms with Crippen molar-refractivity contribution >= 4 is 24.5 Å². The molecule has 11 heteroatoms. The molecular formula is C40H62CoN5O5+. The van der Waals surface area contributed by atoms with Crippen LogP contribution in [0.2, 0.25) is 0 Å². The maximum absolute atomic E-state index is 11.3. The maximum Gasteiger partial charge on any atom is 0.503 e. The number of fused-ring (bicyclic) bond motifs is 1. The number of aliphatic imine (C=N–C) groups is 2. The number of nitrogens with zero attached hydrogens (tertiary/aromatic N) is 5. The van der Waals surface area contributed by atoms with Crippen molar-refractivity contribution in [1.82, 2.24) is 9.80 Å². The molecule has 0 amide bonds. The van der Waals surface area contributed by atoms with E-state index >= 15 is 0 Å². The Kier molecular flexibility index (Phi) is 15.6. The van der Waals surface area contributed by atoms with Gasteiger partial charge in [0.15, 0.2) is 0 Å². The van der Waals surface area contributed by atoms with Crippen LogP contribution in [0.25, 0.3) is 0 Å². The fraction of sp³-hybridized carbons (Fsp3) is 0.600. The van der Waals surface area contributed by atoms with Gasteiger partial charge in [0.05, 0.1) is 52.9 Å². The van der Waals surface area contributed by atoms with Gasteiger partial charge in [-0.15, -0.1) is 0 Å². The summed E-state index contributed by atoms with van der Waals surface area (Å²) in [7, 11) is 2.21. The van der Waals surface area contributed by atoms with Gasteiger partial charge in [-0.1, -0.05) is 74.4 Å². The number of rotatable bonds is 9. The van der Waals surface area contributed by atoms with Gasteiger partial charge in [-0.3, -0.25) is 24.4 Å². The standard InChI is InChI=1S/C39H59N5O2.CH2O3.Co/c1-37(2,3)31-22-28(14-11-18-43-20-13-21-44-19-12-17-42(10)36(43)44)34(45)29(23-31)26-40-15-16-41-27-30-24-32(38(4,5)6)25-33(35(30)46)39(7,8)9;2-1(3)4;/h22-27H,11-21H2,1-10H3,(H-,40,41,45,46);(H2,2,3,4);/p+1. The zero-order valence-electron chi connectivity index (χ0n) is 32.5. The Bertz CT molecular complexity index is 1580. The van der Waals surface area contributed by atoms with Crippen LogP contribution in [0.4, 0.5) is 4.79 Å². The molecule has 0 atom stereocenters. The van der Waals surface area contributed by atoms with E-state index in [9.17, 15) is 10.2 Å². The molecule has 2 aliphatic heterocycles. The minimum absolute atomic E-state index is 0. The van der Waals surface area contributed by atoms with Crippen molar-refractivity contribution in [3.8, 4) is 11.5 Å². The van der Waals surface area contributed by atoms with E-state index in [4.69, 9.17) is 15.0 Å². The Morgan fingerprint density at radius 1 is 0.784 bits per heavy atom. The van der Waals surface area contributed by atoms with Crippen LogP contribution in [-0.2, 0) is 39.4 Å². The molecule has 0 spiro atoms. The van der Waals surface area contributed by atoms with Crippen LogP contribution < -0.4 is 0 Å². The molecule has 4 N–H and O–H groups in total. The fourth-order valence-electron chi connectivity index (χ4n) is 6.46. The molecule has 2 aromatic rings. The summed E-state index contributed by atoms with van der Waals surface area (Å²) in [6, 6.07) is 8.43. The first-order valence-electron chi connectivity index (χ1n) is 17.9. The summed E-state index contributed by atoms with van der Waals surface area (Å²) in [4.78, 5) is 22.9. The van der Waals surface area contributed by atoms with Gasteiger partial charge < -0.3 is 20.4 Å². The number of aryl methyl sites for hydroxylation is 1.